The Balaban J connectivity index is 1.43. The number of likely N-dealkylation sites (tertiary alicyclic amines) is 1. The first-order chi connectivity index (χ1) is 12.6. The molecule has 136 valence electrons. The van der Waals surface area contributed by atoms with Gasteiger partial charge in [0.15, 0.2) is 0 Å². The summed E-state index contributed by atoms with van der Waals surface area (Å²) in [5, 5.41) is 4.70. The Morgan fingerprint density at radius 1 is 1.23 bits per heavy atom. The maximum Gasteiger partial charge on any atom is 0.243 e. The predicted molar refractivity (Wildman–Crippen MR) is 109 cm³/mol. The largest absolute Gasteiger partial charge is 0.299 e. The van der Waals surface area contributed by atoms with E-state index in [1.54, 1.807) is 18.3 Å². The van der Waals surface area contributed by atoms with Gasteiger partial charge in [0.25, 0.3) is 0 Å². The van der Waals surface area contributed by atoms with Crippen LogP contribution in [-0.4, -0.2) is 30.1 Å². The van der Waals surface area contributed by atoms with Crippen molar-refractivity contribution in [3.05, 3.63) is 69.2 Å². The minimum absolute atomic E-state index is 0.00781. The monoisotopic (exact) mass is 433 g/mol. The molecule has 0 unspecified atom stereocenters. The highest BCUT2D eigenvalue weighted by atomic mass is 79.9. The van der Waals surface area contributed by atoms with E-state index in [9.17, 15) is 4.79 Å². The smallest absolute Gasteiger partial charge is 0.243 e. The Labute approximate surface area is 167 Å². The molecule has 0 radical (unpaired) electrons. The van der Waals surface area contributed by atoms with E-state index >= 15 is 0 Å². The van der Waals surface area contributed by atoms with Crippen molar-refractivity contribution in [3.8, 4) is 0 Å². The van der Waals surface area contributed by atoms with E-state index in [0.29, 0.717) is 5.02 Å². The maximum atomic E-state index is 12.3. The van der Waals surface area contributed by atoms with Gasteiger partial charge in [0.1, 0.15) is 0 Å². The molecule has 3 rings (SSSR count). The molecular weight excluding hydrogens is 414 g/mol. The molecule has 0 saturated carbocycles. The lowest BCUT2D eigenvalue weighted by molar-refractivity contribution is -0.126. The summed E-state index contributed by atoms with van der Waals surface area (Å²) in [6.07, 6.45) is 3.33. The Kier molecular flexibility index (Phi) is 6.83. The summed E-state index contributed by atoms with van der Waals surface area (Å²) >= 11 is 9.39. The molecule has 2 aromatic rings. The summed E-state index contributed by atoms with van der Waals surface area (Å²) in [4.78, 5) is 14.7. The van der Waals surface area contributed by atoms with Crippen LogP contribution in [0.25, 0.3) is 0 Å². The Morgan fingerprint density at radius 2 is 1.96 bits per heavy atom. The molecule has 1 amide bonds. The highest BCUT2D eigenvalue weighted by Crippen LogP contribution is 2.20. The number of nitrogens with zero attached hydrogens (tertiary/aromatic N) is 2. The summed E-state index contributed by atoms with van der Waals surface area (Å²) in [7, 11) is 0. The van der Waals surface area contributed by atoms with Gasteiger partial charge in [-0.1, -0.05) is 51.8 Å². The zero-order chi connectivity index (χ0) is 18.4. The van der Waals surface area contributed by atoms with Gasteiger partial charge in [0, 0.05) is 22.0 Å². The standard InChI is InChI=1S/C20H21BrClN3O/c21-18-6-4-15(5-7-18)14-25-10-8-17(9-11-25)20(26)24-23-13-16-2-1-3-19(22)12-16/h1-7,12-13,17H,8-11,14H2,(H,24,26). The van der Waals surface area contributed by atoms with Crippen molar-refractivity contribution in [2.24, 2.45) is 11.0 Å². The summed E-state index contributed by atoms with van der Waals surface area (Å²) in [5.41, 5.74) is 4.81. The molecule has 4 nitrogen and oxygen atoms in total. The number of carbonyl (C=O) groups excluding carboxylic acids is 1. The molecule has 1 N–H and O–H groups in total. The van der Waals surface area contributed by atoms with Crippen LogP contribution in [0.5, 0.6) is 0 Å². The van der Waals surface area contributed by atoms with E-state index in [4.69, 9.17) is 11.6 Å². The van der Waals surface area contributed by atoms with Crippen LogP contribution < -0.4 is 5.43 Å². The van der Waals surface area contributed by atoms with Gasteiger partial charge in [-0.25, -0.2) is 5.43 Å². The van der Waals surface area contributed by atoms with Gasteiger partial charge in [-0.3, -0.25) is 9.69 Å². The minimum Gasteiger partial charge on any atom is -0.299 e. The molecular formula is C20H21BrClN3O. The Hall–Kier alpha value is -1.69. The molecule has 1 heterocycles. The second kappa shape index (κ2) is 9.31. The molecule has 1 aliphatic heterocycles. The molecule has 1 saturated heterocycles. The molecule has 1 fully saturated rings. The number of rotatable bonds is 5. The van der Waals surface area contributed by atoms with E-state index in [-0.39, 0.29) is 11.8 Å². The van der Waals surface area contributed by atoms with Gasteiger partial charge >= 0.3 is 0 Å². The third kappa shape index (κ3) is 5.66. The topological polar surface area (TPSA) is 44.7 Å². The van der Waals surface area contributed by atoms with Crippen molar-refractivity contribution in [2.75, 3.05) is 13.1 Å². The fourth-order valence-electron chi connectivity index (χ4n) is 3.05. The van der Waals surface area contributed by atoms with Gasteiger partial charge in [0.2, 0.25) is 5.91 Å². The van der Waals surface area contributed by atoms with Crippen molar-refractivity contribution >= 4 is 39.7 Å². The van der Waals surface area contributed by atoms with Crippen LogP contribution in [0.1, 0.15) is 24.0 Å². The van der Waals surface area contributed by atoms with Crippen LogP contribution in [0.3, 0.4) is 0 Å². The summed E-state index contributed by atoms with van der Waals surface area (Å²) < 4.78 is 1.09. The molecule has 6 heteroatoms. The minimum atomic E-state index is -0.00781. The quantitative estimate of drug-likeness (QED) is 0.557. The van der Waals surface area contributed by atoms with Crippen LogP contribution in [0, 0.1) is 5.92 Å². The van der Waals surface area contributed by atoms with Crippen LogP contribution in [0.4, 0.5) is 0 Å². The van der Waals surface area contributed by atoms with E-state index < -0.39 is 0 Å². The third-order valence-corrected chi connectivity index (χ3v) is 5.28. The van der Waals surface area contributed by atoms with Crippen LogP contribution in [-0.2, 0) is 11.3 Å². The number of halogens is 2. The maximum absolute atomic E-state index is 12.3. The van der Waals surface area contributed by atoms with Gasteiger partial charge in [-0.2, -0.15) is 5.10 Å². The Bertz CT molecular complexity index is 771. The highest BCUT2D eigenvalue weighted by Gasteiger charge is 2.24. The summed E-state index contributed by atoms with van der Waals surface area (Å²) in [6.45, 7) is 2.77. The fraction of sp³-hybridized carbons (Fsp3) is 0.300. The van der Waals surface area contributed by atoms with Gasteiger partial charge in [-0.15, -0.1) is 0 Å². The summed E-state index contributed by atoms with van der Waals surface area (Å²) in [5.74, 6) is 0.0132. The van der Waals surface area contributed by atoms with Crippen molar-refractivity contribution in [3.63, 3.8) is 0 Å². The highest BCUT2D eigenvalue weighted by molar-refractivity contribution is 9.10. The molecule has 1 aliphatic rings. The van der Waals surface area contributed by atoms with Crippen molar-refractivity contribution in [1.29, 1.82) is 0 Å². The van der Waals surface area contributed by atoms with Crippen molar-refractivity contribution in [2.45, 2.75) is 19.4 Å². The van der Waals surface area contributed by atoms with Crippen LogP contribution in [0.15, 0.2) is 58.1 Å². The zero-order valence-electron chi connectivity index (χ0n) is 14.4. The van der Waals surface area contributed by atoms with E-state index in [2.05, 4.69) is 55.6 Å². The second-order valence-corrected chi connectivity index (χ2v) is 7.82. The van der Waals surface area contributed by atoms with Gasteiger partial charge in [0.05, 0.1) is 6.21 Å². The predicted octanol–water partition coefficient (Wildman–Crippen LogP) is 4.46. The average molecular weight is 435 g/mol. The lowest BCUT2D eigenvalue weighted by atomic mass is 9.96. The first-order valence-electron chi connectivity index (χ1n) is 8.65. The number of carbonyl (C=O) groups is 1. The fourth-order valence-corrected chi connectivity index (χ4v) is 3.51. The number of nitrogens with one attached hydrogen (secondary N) is 1. The molecule has 0 aromatic heterocycles. The molecule has 0 atom stereocenters. The Morgan fingerprint density at radius 3 is 2.65 bits per heavy atom. The number of amides is 1. The second-order valence-electron chi connectivity index (χ2n) is 6.47. The van der Waals surface area contributed by atoms with Crippen LogP contribution >= 0.6 is 27.5 Å². The molecule has 0 bridgehead atoms. The normalized spacial score (nSPS) is 16.1. The lowest BCUT2D eigenvalue weighted by Crippen LogP contribution is -2.39. The summed E-state index contributed by atoms with van der Waals surface area (Å²) in [6, 6.07) is 15.7. The first-order valence-corrected chi connectivity index (χ1v) is 9.82. The first kappa shape index (κ1) is 19.1. The number of hydrazone groups is 1. The molecule has 2 aromatic carbocycles. The van der Waals surface area contributed by atoms with E-state index in [1.165, 1.54) is 5.56 Å². The van der Waals surface area contributed by atoms with Gasteiger partial charge in [-0.05, 0) is 61.3 Å². The number of hydrogen-bond donors (Lipinski definition) is 1. The number of benzene rings is 2. The average Bonchev–Trinajstić information content (AvgIpc) is 2.64. The van der Waals surface area contributed by atoms with Crippen molar-refractivity contribution < 1.29 is 4.79 Å². The SMILES string of the molecule is O=C(NN=Cc1cccc(Cl)c1)C1CCN(Cc2ccc(Br)cc2)CC1. The van der Waals surface area contributed by atoms with E-state index in [0.717, 1.165) is 42.5 Å². The molecule has 0 spiro atoms. The third-order valence-electron chi connectivity index (χ3n) is 4.51. The van der Waals surface area contributed by atoms with Gasteiger partial charge < -0.3 is 0 Å². The molecule has 0 aliphatic carbocycles. The lowest BCUT2D eigenvalue weighted by Gasteiger charge is -2.30. The number of piperidine rings is 1. The van der Waals surface area contributed by atoms with E-state index in [1.807, 2.05) is 12.1 Å². The molecule has 26 heavy (non-hydrogen) atoms. The van der Waals surface area contributed by atoms with Crippen LogP contribution in [0.2, 0.25) is 5.02 Å². The van der Waals surface area contributed by atoms with Crippen molar-refractivity contribution in [1.82, 2.24) is 10.3 Å². The number of hydrogen-bond acceptors (Lipinski definition) is 3. The zero-order valence-corrected chi connectivity index (χ0v) is 16.7.